The average Bonchev–Trinajstić information content (AvgIpc) is 2.86. The van der Waals surface area contributed by atoms with Crippen LogP contribution in [0.15, 0.2) is 0 Å². The summed E-state index contributed by atoms with van der Waals surface area (Å²) in [5.41, 5.74) is 0. The van der Waals surface area contributed by atoms with Crippen LogP contribution in [-0.2, 0) is 13.3 Å². The summed E-state index contributed by atoms with van der Waals surface area (Å²) in [6, 6.07) is 0.648. The average molecular weight is 570 g/mol. The van der Waals surface area contributed by atoms with Crippen LogP contribution in [0.2, 0.25) is 6.04 Å². The first-order chi connectivity index (χ1) is 17.4. The Morgan fingerprint density at radius 2 is 1.14 bits per heavy atom. The van der Waals surface area contributed by atoms with Crippen molar-refractivity contribution in [2.24, 2.45) is 5.92 Å². The molecule has 0 saturated carbocycles. The van der Waals surface area contributed by atoms with E-state index < -0.39 is 8.80 Å². The molecule has 0 fully saturated rings. The molecule has 0 aromatic carbocycles. The van der Waals surface area contributed by atoms with Crippen LogP contribution in [0.5, 0.6) is 0 Å². The van der Waals surface area contributed by atoms with E-state index in [1.54, 1.807) is 0 Å². The molecule has 0 aliphatic heterocycles. The van der Waals surface area contributed by atoms with E-state index in [0.29, 0.717) is 18.6 Å². The second-order valence-corrected chi connectivity index (χ2v) is 14.3. The molecule has 6 nitrogen and oxygen atoms in total. The molecule has 0 aliphatic rings. The predicted octanol–water partition coefficient (Wildman–Crippen LogP) is 8.43. The molecule has 226 valence electrons. The third kappa shape index (κ3) is 21.7. The number of aliphatic hydroxyl groups is 2. The normalized spacial score (nSPS) is 14.4. The van der Waals surface area contributed by atoms with Crippen LogP contribution in [0.1, 0.15) is 137 Å². The Hall–Kier alpha value is 0.267. The summed E-state index contributed by atoms with van der Waals surface area (Å²) in [7, 11) is -2.91. The van der Waals surface area contributed by atoms with E-state index in [9.17, 15) is 10.2 Å². The highest BCUT2D eigenvalue weighted by molar-refractivity contribution is 6.60. The summed E-state index contributed by atoms with van der Waals surface area (Å²) in [4.78, 5) is -0.267. The van der Waals surface area contributed by atoms with Crippen LogP contribution in [-0.4, -0.2) is 56.9 Å². The highest BCUT2D eigenvalue weighted by Gasteiger charge is 2.41. The molecule has 5 N–H and O–H groups in total. The Kier molecular flexibility index (Phi) is 28.2. The number of aliphatic hydroxyl groups excluding tert-OH is 2. The van der Waals surface area contributed by atoms with Crippen molar-refractivity contribution < 1.29 is 23.5 Å². The second-order valence-electron chi connectivity index (χ2n) is 10.7. The molecule has 0 amide bonds. The maximum atomic E-state index is 9.19. The summed E-state index contributed by atoms with van der Waals surface area (Å²) in [6.07, 6.45) is 22.2. The van der Waals surface area contributed by atoms with E-state index in [4.69, 9.17) is 24.9 Å². The molecule has 0 aliphatic carbocycles. The molecule has 2 atom stereocenters. The van der Waals surface area contributed by atoms with E-state index in [1.807, 2.05) is 6.92 Å². The maximum Gasteiger partial charge on any atom is 0.501 e. The Morgan fingerprint density at radius 3 is 1.54 bits per heavy atom. The van der Waals surface area contributed by atoms with Gasteiger partial charge in [-0.15, -0.1) is 11.6 Å². The SMILES string of the molecule is CCCCCCCCCCCCCCCCC(C)C(C)(Cl)CCC[Si](OCC)(OCCO)OCCO.N. The zero-order valence-electron chi connectivity index (χ0n) is 25.0. The third-order valence-corrected chi connectivity index (χ3v) is 10.9. The number of rotatable bonds is 28. The van der Waals surface area contributed by atoms with Crippen molar-refractivity contribution >= 4 is 20.4 Å². The van der Waals surface area contributed by atoms with Crippen molar-refractivity contribution in [3.05, 3.63) is 0 Å². The fourth-order valence-electron chi connectivity index (χ4n) is 4.81. The lowest BCUT2D eigenvalue weighted by molar-refractivity contribution is 0.0388. The lowest BCUT2D eigenvalue weighted by Gasteiger charge is -2.32. The largest absolute Gasteiger partial charge is 0.501 e. The molecular weight excluding hydrogens is 506 g/mol. The zero-order valence-corrected chi connectivity index (χ0v) is 26.8. The molecule has 0 aromatic rings. The minimum atomic E-state index is -2.91. The van der Waals surface area contributed by atoms with E-state index >= 15 is 0 Å². The first-order valence-corrected chi connectivity index (χ1v) is 17.5. The molecule has 0 saturated heterocycles. The van der Waals surface area contributed by atoms with Gasteiger partial charge in [-0.1, -0.05) is 104 Å². The molecule has 8 heteroatoms. The molecular formula is C29H64ClNO5Si. The summed E-state index contributed by atoms with van der Waals surface area (Å²) in [5.74, 6) is 0.441. The second kappa shape index (κ2) is 26.5. The van der Waals surface area contributed by atoms with E-state index in [0.717, 1.165) is 19.3 Å². The van der Waals surface area contributed by atoms with Gasteiger partial charge in [0, 0.05) is 17.5 Å². The standard InChI is InChI=1S/C29H61ClO5Si.H3N/c1-5-7-8-9-10-11-12-13-14-15-16-17-18-19-21-28(3)29(4,30)22-20-27-36(33-6-2,34-25-23-31)35-26-24-32;/h28,31-32H,5-27H2,1-4H3;1H3. The topological polar surface area (TPSA) is 103 Å². The van der Waals surface area contributed by atoms with Crippen LogP contribution in [0.4, 0.5) is 0 Å². The fraction of sp³-hybridized carbons (Fsp3) is 1.00. The van der Waals surface area contributed by atoms with Gasteiger partial charge in [0.1, 0.15) is 0 Å². The summed E-state index contributed by atoms with van der Waals surface area (Å²) >= 11 is 6.97. The van der Waals surface area contributed by atoms with Crippen molar-refractivity contribution in [3.8, 4) is 0 Å². The van der Waals surface area contributed by atoms with Gasteiger partial charge in [0.15, 0.2) is 0 Å². The van der Waals surface area contributed by atoms with Gasteiger partial charge in [0.2, 0.25) is 0 Å². The van der Waals surface area contributed by atoms with Gasteiger partial charge in [-0.2, -0.15) is 0 Å². The number of alkyl halides is 1. The molecule has 0 bridgehead atoms. The maximum absolute atomic E-state index is 9.19. The van der Waals surface area contributed by atoms with Crippen LogP contribution >= 0.6 is 11.6 Å². The molecule has 0 radical (unpaired) electrons. The molecule has 2 unspecified atom stereocenters. The van der Waals surface area contributed by atoms with Gasteiger partial charge < -0.3 is 29.6 Å². The lowest BCUT2D eigenvalue weighted by Crippen LogP contribution is -2.47. The van der Waals surface area contributed by atoms with Crippen molar-refractivity contribution in [1.82, 2.24) is 6.15 Å². The van der Waals surface area contributed by atoms with E-state index in [-0.39, 0.29) is 37.5 Å². The fourth-order valence-corrected chi connectivity index (χ4v) is 7.59. The van der Waals surface area contributed by atoms with Gasteiger partial charge in [0.25, 0.3) is 0 Å². The van der Waals surface area contributed by atoms with Crippen LogP contribution in [0, 0.1) is 5.92 Å². The summed E-state index contributed by atoms with van der Waals surface area (Å²) in [5, 5.41) is 18.4. The quantitative estimate of drug-likeness (QED) is 0.0496. The monoisotopic (exact) mass is 569 g/mol. The molecule has 0 spiro atoms. The van der Waals surface area contributed by atoms with Crippen molar-refractivity contribution in [1.29, 1.82) is 0 Å². The number of hydrogen-bond donors (Lipinski definition) is 3. The lowest BCUT2D eigenvalue weighted by atomic mass is 9.86. The summed E-state index contributed by atoms with van der Waals surface area (Å²) < 4.78 is 17.6. The first kappa shape index (κ1) is 39.4. The van der Waals surface area contributed by atoms with Crippen molar-refractivity contribution in [2.45, 2.75) is 148 Å². The van der Waals surface area contributed by atoms with Gasteiger partial charge in [-0.3, -0.25) is 0 Å². The molecule has 0 rings (SSSR count). The number of unbranched alkanes of at least 4 members (excludes halogenated alkanes) is 13. The van der Waals surface area contributed by atoms with Crippen molar-refractivity contribution in [3.63, 3.8) is 0 Å². The Labute approximate surface area is 236 Å². The van der Waals surface area contributed by atoms with E-state index in [2.05, 4.69) is 20.8 Å². The van der Waals surface area contributed by atoms with Gasteiger partial charge >= 0.3 is 8.80 Å². The Bertz CT molecular complexity index is 466. The van der Waals surface area contributed by atoms with Gasteiger partial charge in [-0.25, -0.2) is 0 Å². The Morgan fingerprint density at radius 1 is 0.703 bits per heavy atom. The highest BCUT2D eigenvalue weighted by Crippen LogP contribution is 2.35. The Balaban J connectivity index is 0. The number of hydrogen-bond acceptors (Lipinski definition) is 6. The summed E-state index contributed by atoms with van der Waals surface area (Å²) in [6.45, 7) is 9.32. The van der Waals surface area contributed by atoms with Crippen LogP contribution in [0.25, 0.3) is 0 Å². The van der Waals surface area contributed by atoms with Crippen LogP contribution < -0.4 is 6.15 Å². The van der Waals surface area contributed by atoms with Crippen molar-refractivity contribution in [2.75, 3.05) is 33.0 Å². The molecule has 0 heterocycles. The third-order valence-electron chi connectivity index (χ3n) is 7.36. The molecule has 0 aromatic heterocycles. The zero-order chi connectivity index (χ0) is 27.0. The molecule has 37 heavy (non-hydrogen) atoms. The minimum Gasteiger partial charge on any atom is -0.394 e. The van der Waals surface area contributed by atoms with Crippen LogP contribution in [0.3, 0.4) is 0 Å². The smallest absolute Gasteiger partial charge is 0.394 e. The predicted molar refractivity (Wildman–Crippen MR) is 161 cm³/mol. The minimum absolute atomic E-state index is 0. The number of halogens is 1. The van der Waals surface area contributed by atoms with Gasteiger partial charge in [-0.05, 0) is 39.0 Å². The highest BCUT2D eigenvalue weighted by atomic mass is 35.5. The first-order valence-electron chi connectivity index (χ1n) is 15.2. The van der Waals surface area contributed by atoms with E-state index in [1.165, 1.54) is 89.9 Å². The van der Waals surface area contributed by atoms with Gasteiger partial charge in [0.05, 0.1) is 26.4 Å².